The van der Waals surface area contributed by atoms with Gasteiger partial charge in [0.2, 0.25) is 0 Å². The molecule has 0 saturated heterocycles. The first-order chi connectivity index (χ1) is 8.93. The molecule has 0 unspecified atom stereocenters. The molecule has 1 aliphatic carbocycles. The molecule has 2 aromatic rings. The second-order valence-corrected chi connectivity index (χ2v) is 4.58. The third-order valence-corrected chi connectivity index (χ3v) is 3.57. The maximum Gasteiger partial charge on any atom is 0.128 e. The van der Waals surface area contributed by atoms with Crippen molar-refractivity contribution in [1.29, 1.82) is 0 Å². The second kappa shape index (κ2) is 3.57. The summed E-state index contributed by atoms with van der Waals surface area (Å²) in [6, 6.07) is 17.4. The summed E-state index contributed by atoms with van der Waals surface area (Å²) in [4.78, 5) is 4.20. The lowest BCUT2D eigenvalue weighted by Crippen LogP contribution is -2.28. The third kappa shape index (κ3) is 1.26. The Morgan fingerprint density at radius 2 is 1.39 bits per heavy atom. The molecule has 2 heteroatoms. The average molecular weight is 232 g/mol. The molecule has 1 N–H and O–H groups in total. The minimum Gasteiger partial charge on any atom is -0.359 e. The molecule has 0 saturated carbocycles. The summed E-state index contributed by atoms with van der Waals surface area (Å²) in [6.45, 7) is 0. The lowest BCUT2D eigenvalue weighted by molar-refractivity contribution is 0.781. The van der Waals surface area contributed by atoms with E-state index in [1.807, 2.05) is 12.3 Å². The quantitative estimate of drug-likeness (QED) is 0.801. The maximum atomic E-state index is 4.20. The molecular formula is C16H12N2. The molecule has 0 atom stereocenters. The van der Waals surface area contributed by atoms with Gasteiger partial charge in [-0.1, -0.05) is 48.5 Å². The predicted octanol–water partition coefficient (Wildman–Crippen LogP) is 3.27. The zero-order valence-electron chi connectivity index (χ0n) is 9.80. The molecule has 1 aliphatic heterocycles. The van der Waals surface area contributed by atoms with E-state index in [-0.39, 0.29) is 6.04 Å². The van der Waals surface area contributed by atoms with E-state index in [4.69, 9.17) is 0 Å². The van der Waals surface area contributed by atoms with Gasteiger partial charge in [-0.15, -0.1) is 0 Å². The highest BCUT2D eigenvalue weighted by Gasteiger charge is 2.28. The number of hydrogen-bond acceptors (Lipinski definition) is 2. The fourth-order valence-electron chi connectivity index (χ4n) is 2.69. The largest absolute Gasteiger partial charge is 0.359 e. The maximum absolute atomic E-state index is 4.20. The predicted molar refractivity (Wildman–Crippen MR) is 73.4 cm³/mol. The van der Waals surface area contributed by atoms with Crippen LogP contribution in [0.5, 0.6) is 0 Å². The van der Waals surface area contributed by atoms with Crippen molar-refractivity contribution < 1.29 is 0 Å². The summed E-state index contributed by atoms with van der Waals surface area (Å²) in [5.41, 5.74) is 5.33. The third-order valence-electron chi connectivity index (χ3n) is 3.57. The molecule has 4 rings (SSSR count). The van der Waals surface area contributed by atoms with E-state index in [0.717, 1.165) is 5.84 Å². The van der Waals surface area contributed by atoms with E-state index in [1.165, 1.54) is 22.3 Å². The van der Waals surface area contributed by atoms with E-state index in [0.29, 0.717) is 0 Å². The summed E-state index contributed by atoms with van der Waals surface area (Å²) in [5.74, 6) is 0.964. The van der Waals surface area contributed by atoms with Crippen molar-refractivity contribution in [2.45, 2.75) is 6.04 Å². The normalized spacial score (nSPS) is 15.7. The van der Waals surface area contributed by atoms with Crippen LogP contribution in [0, 0.1) is 0 Å². The van der Waals surface area contributed by atoms with Crippen LogP contribution in [-0.4, -0.2) is 5.84 Å². The Hall–Kier alpha value is -2.35. The van der Waals surface area contributed by atoms with E-state index in [9.17, 15) is 0 Å². The molecule has 0 fully saturated rings. The van der Waals surface area contributed by atoms with Gasteiger partial charge >= 0.3 is 0 Å². The molecule has 86 valence electrons. The Balaban J connectivity index is 1.86. The first-order valence-electron chi connectivity index (χ1n) is 6.12. The van der Waals surface area contributed by atoms with Crippen LogP contribution in [0.1, 0.15) is 17.2 Å². The highest BCUT2D eigenvalue weighted by molar-refractivity contribution is 5.98. The number of hydrogen-bond donors (Lipinski definition) is 1. The van der Waals surface area contributed by atoms with Crippen molar-refractivity contribution >= 4 is 5.84 Å². The summed E-state index contributed by atoms with van der Waals surface area (Å²) < 4.78 is 0. The first-order valence-corrected chi connectivity index (χ1v) is 6.12. The van der Waals surface area contributed by atoms with Crippen LogP contribution in [-0.2, 0) is 0 Å². The van der Waals surface area contributed by atoms with Gasteiger partial charge in [0.15, 0.2) is 0 Å². The molecule has 2 aliphatic rings. The van der Waals surface area contributed by atoms with Crippen molar-refractivity contribution in [2.75, 3.05) is 0 Å². The zero-order chi connectivity index (χ0) is 11.9. The van der Waals surface area contributed by atoms with E-state index < -0.39 is 0 Å². The van der Waals surface area contributed by atoms with Crippen LogP contribution in [0.4, 0.5) is 0 Å². The number of nitrogens with one attached hydrogen (secondary N) is 1. The number of fused-ring (bicyclic) bond motifs is 3. The van der Waals surface area contributed by atoms with E-state index >= 15 is 0 Å². The molecule has 2 nitrogen and oxygen atoms in total. The fourth-order valence-corrected chi connectivity index (χ4v) is 2.69. The van der Waals surface area contributed by atoms with Crippen molar-refractivity contribution in [1.82, 2.24) is 5.32 Å². The number of rotatable bonds is 1. The Morgan fingerprint density at radius 1 is 0.833 bits per heavy atom. The minimum atomic E-state index is 0.223. The van der Waals surface area contributed by atoms with Crippen LogP contribution < -0.4 is 5.32 Å². The van der Waals surface area contributed by atoms with Crippen molar-refractivity contribution in [2.24, 2.45) is 4.99 Å². The van der Waals surface area contributed by atoms with Crippen molar-refractivity contribution in [3.63, 3.8) is 0 Å². The molecule has 0 amide bonds. The SMILES string of the molecule is C1=CC(NC2c3ccccc3-c3ccccc32)=N1. The summed E-state index contributed by atoms with van der Waals surface area (Å²) in [7, 11) is 0. The highest BCUT2D eigenvalue weighted by Crippen LogP contribution is 2.43. The molecule has 1 heterocycles. The summed E-state index contributed by atoms with van der Waals surface area (Å²) in [5, 5.41) is 3.49. The number of amidine groups is 1. The lowest BCUT2D eigenvalue weighted by Gasteiger charge is -2.18. The van der Waals surface area contributed by atoms with Gasteiger partial charge in [-0.3, -0.25) is 0 Å². The van der Waals surface area contributed by atoms with E-state index in [2.05, 4.69) is 58.8 Å². The topological polar surface area (TPSA) is 24.4 Å². The monoisotopic (exact) mass is 232 g/mol. The Morgan fingerprint density at radius 3 is 1.89 bits per heavy atom. The van der Waals surface area contributed by atoms with Crippen LogP contribution >= 0.6 is 0 Å². The first kappa shape index (κ1) is 9.66. The average Bonchev–Trinajstić information content (AvgIpc) is 2.69. The van der Waals surface area contributed by atoms with Gasteiger partial charge in [-0.25, -0.2) is 4.99 Å². The van der Waals surface area contributed by atoms with Gasteiger partial charge in [0.05, 0.1) is 6.04 Å². The van der Waals surface area contributed by atoms with Crippen molar-refractivity contribution in [3.05, 3.63) is 71.9 Å². The Kier molecular flexibility index (Phi) is 1.92. The molecule has 0 bridgehead atoms. The molecule has 0 spiro atoms. The van der Waals surface area contributed by atoms with Gasteiger partial charge < -0.3 is 5.32 Å². The standard InChI is InChI=1S/C16H12N2/c1-3-7-13-11(5-1)12-6-2-4-8-14(12)16(13)18-15-9-10-17-15/h1-10,16H,(H,17,18). The zero-order valence-corrected chi connectivity index (χ0v) is 9.80. The van der Waals surface area contributed by atoms with Crippen molar-refractivity contribution in [3.8, 4) is 11.1 Å². The van der Waals surface area contributed by atoms with E-state index in [1.54, 1.807) is 0 Å². The fraction of sp³-hybridized carbons (Fsp3) is 0.0625. The molecular weight excluding hydrogens is 220 g/mol. The van der Waals surface area contributed by atoms with Crippen LogP contribution in [0.15, 0.2) is 65.8 Å². The van der Waals surface area contributed by atoms with Gasteiger partial charge in [0.25, 0.3) is 0 Å². The minimum absolute atomic E-state index is 0.223. The number of benzene rings is 2. The smallest absolute Gasteiger partial charge is 0.128 e. The molecule has 2 aromatic carbocycles. The Bertz CT molecular complexity index is 638. The van der Waals surface area contributed by atoms with Crippen LogP contribution in [0.2, 0.25) is 0 Å². The summed E-state index contributed by atoms with van der Waals surface area (Å²) in [6.07, 6.45) is 3.82. The molecule has 18 heavy (non-hydrogen) atoms. The highest BCUT2D eigenvalue weighted by atomic mass is 15.0. The number of nitrogens with zero attached hydrogens (tertiary/aromatic N) is 1. The van der Waals surface area contributed by atoms with Gasteiger partial charge in [-0.2, -0.15) is 0 Å². The number of aliphatic imine (C=N–C) groups is 1. The lowest BCUT2D eigenvalue weighted by atomic mass is 10.1. The van der Waals surface area contributed by atoms with Gasteiger partial charge in [0, 0.05) is 6.20 Å². The van der Waals surface area contributed by atoms with Gasteiger partial charge in [-0.05, 0) is 28.3 Å². The Labute approximate surface area is 106 Å². The molecule has 0 radical (unpaired) electrons. The summed E-state index contributed by atoms with van der Waals surface area (Å²) >= 11 is 0. The van der Waals surface area contributed by atoms with Gasteiger partial charge in [0.1, 0.15) is 5.84 Å². The van der Waals surface area contributed by atoms with Crippen LogP contribution in [0.25, 0.3) is 11.1 Å². The van der Waals surface area contributed by atoms with Crippen LogP contribution in [0.3, 0.4) is 0 Å². The second-order valence-electron chi connectivity index (χ2n) is 4.58. The molecule has 0 aromatic heterocycles.